The number of nitrogens with zero attached hydrogens (tertiary/aromatic N) is 1. The van der Waals surface area contributed by atoms with Crippen molar-refractivity contribution in [2.45, 2.75) is 19.5 Å². The Labute approximate surface area is 140 Å². The quantitative estimate of drug-likeness (QED) is 0.731. The second kappa shape index (κ2) is 7.10. The minimum Gasteiger partial charge on any atom is -0.444 e. The van der Waals surface area contributed by atoms with Gasteiger partial charge >= 0.3 is 0 Å². The van der Waals surface area contributed by atoms with Gasteiger partial charge in [-0.05, 0) is 24.6 Å². The number of aromatic nitrogens is 1. The van der Waals surface area contributed by atoms with Crippen LogP contribution in [0.3, 0.4) is 0 Å². The standard InChI is InChI=1S/C19H19N3O2/c1-13-7-9-15(10-8-13)19-22-16(12-24-19)11-21-17(18(20)23)14-5-3-2-4-6-14/h2-10,12,17,21H,11H2,1H3,(H2,20,23). The summed E-state index contributed by atoms with van der Waals surface area (Å²) in [7, 11) is 0. The van der Waals surface area contributed by atoms with Crippen molar-refractivity contribution >= 4 is 5.91 Å². The highest BCUT2D eigenvalue weighted by Crippen LogP contribution is 2.19. The molecule has 0 saturated carbocycles. The van der Waals surface area contributed by atoms with Gasteiger partial charge in [0.2, 0.25) is 11.8 Å². The van der Waals surface area contributed by atoms with Gasteiger partial charge < -0.3 is 10.2 Å². The van der Waals surface area contributed by atoms with E-state index in [2.05, 4.69) is 10.3 Å². The van der Waals surface area contributed by atoms with Crippen LogP contribution in [0.25, 0.3) is 11.5 Å². The molecule has 0 saturated heterocycles. The molecule has 1 heterocycles. The van der Waals surface area contributed by atoms with Crippen molar-refractivity contribution in [1.82, 2.24) is 10.3 Å². The highest BCUT2D eigenvalue weighted by Gasteiger charge is 2.17. The van der Waals surface area contributed by atoms with Crippen molar-refractivity contribution in [3.05, 3.63) is 77.7 Å². The molecule has 24 heavy (non-hydrogen) atoms. The van der Waals surface area contributed by atoms with E-state index in [9.17, 15) is 4.79 Å². The summed E-state index contributed by atoms with van der Waals surface area (Å²) in [5.41, 5.74) is 9.14. The lowest BCUT2D eigenvalue weighted by molar-refractivity contribution is -0.120. The molecule has 1 aromatic heterocycles. The van der Waals surface area contributed by atoms with E-state index in [-0.39, 0.29) is 0 Å². The van der Waals surface area contributed by atoms with Crippen LogP contribution in [0.2, 0.25) is 0 Å². The van der Waals surface area contributed by atoms with Crippen molar-refractivity contribution < 1.29 is 9.21 Å². The second-order valence-electron chi connectivity index (χ2n) is 5.64. The van der Waals surface area contributed by atoms with Crippen LogP contribution in [0, 0.1) is 6.92 Å². The Hall–Kier alpha value is -2.92. The van der Waals surface area contributed by atoms with Crippen LogP contribution in [0.4, 0.5) is 0 Å². The van der Waals surface area contributed by atoms with Crippen molar-refractivity contribution in [3.8, 4) is 11.5 Å². The predicted molar refractivity (Wildman–Crippen MR) is 91.9 cm³/mol. The van der Waals surface area contributed by atoms with Gasteiger partial charge in [0.25, 0.3) is 0 Å². The number of oxazole rings is 1. The van der Waals surface area contributed by atoms with Crippen LogP contribution in [-0.4, -0.2) is 10.9 Å². The molecule has 0 radical (unpaired) electrons. The highest BCUT2D eigenvalue weighted by atomic mass is 16.3. The number of primary amides is 1. The molecule has 5 heteroatoms. The van der Waals surface area contributed by atoms with Gasteiger partial charge in [0.15, 0.2) is 0 Å². The molecule has 122 valence electrons. The summed E-state index contributed by atoms with van der Waals surface area (Å²) in [5.74, 6) is 0.130. The Morgan fingerprint density at radius 1 is 1.17 bits per heavy atom. The van der Waals surface area contributed by atoms with Crippen LogP contribution in [0.15, 0.2) is 65.3 Å². The van der Waals surface area contributed by atoms with E-state index >= 15 is 0 Å². The van der Waals surface area contributed by atoms with E-state index in [1.54, 1.807) is 6.26 Å². The Balaban J connectivity index is 1.70. The smallest absolute Gasteiger partial charge is 0.239 e. The van der Waals surface area contributed by atoms with Gasteiger partial charge in [0, 0.05) is 12.1 Å². The Morgan fingerprint density at radius 2 is 1.88 bits per heavy atom. The van der Waals surface area contributed by atoms with E-state index in [1.165, 1.54) is 5.56 Å². The Bertz CT molecular complexity index is 810. The van der Waals surface area contributed by atoms with Crippen molar-refractivity contribution in [2.75, 3.05) is 0 Å². The third-order valence-corrected chi connectivity index (χ3v) is 3.75. The van der Waals surface area contributed by atoms with E-state index in [1.807, 2.05) is 61.5 Å². The third-order valence-electron chi connectivity index (χ3n) is 3.75. The van der Waals surface area contributed by atoms with Gasteiger partial charge in [0.1, 0.15) is 12.3 Å². The van der Waals surface area contributed by atoms with Crippen LogP contribution in [-0.2, 0) is 11.3 Å². The lowest BCUT2D eigenvalue weighted by atomic mass is 10.1. The SMILES string of the molecule is Cc1ccc(-c2nc(CNC(C(N)=O)c3ccccc3)co2)cc1. The largest absolute Gasteiger partial charge is 0.444 e. The van der Waals surface area contributed by atoms with Crippen LogP contribution in [0.5, 0.6) is 0 Å². The maximum Gasteiger partial charge on any atom is 0.239 e. The van der Waals surface area contributed by atoms with Gasteiger partial charge in [-0.3, -0.25) is 10.1 Å². The zero-order valence-electron chi connectivity index (χ0n) is 13.4. The molecule has 0 aliphatic carbocycles. The average molecular weight is 321 g/mol. The molecule has 0 aliphatic heterocycles. The number of hydrogen-bond acceptors (Lipinski definition) is 4. The summed E-state index contributed by atoms with van der Waals surface area (Å²) < 4.78 is 5.52. The second-order valence-corrected chi connectivity index (χ2v) is 5.64. The molecule has 0 aliphatic rings. The maximum absolute atomic E-state index is 11.7. The molecule has 3 N–H and O–H groups in total. The molecule has 1 unspecified atom stereocenters. The molecular weight excluding hydrogens is 302 g/mol. The van der Waals surface area contributed by atoms with E-state index in [0.29, 0.717) is 18.1 Å². The lowest BCUT2D eigenvalue weighted by Crippen LogP contribution is -2.33. The fourth-order valence-corrected chi connectivity index (χ4v) is 2.45. The lowest BCUT2D eigenvalue weighted by Gasteiger charge is -2.14. The Morgan fingerprint density at radius 3 is 2.54 bits per heavy atom. The first-order valence-electron chi connectivity index (χ1n) is 7.72. The van der Waals surface area contributed by atoms with E-state index < -0.39 is 11.9 Å². The number of aryl methyl sites for hydroxylation is 1. The average Bonchev–Trinajstić information content (AvgIpc) is 3.05. The topological polar surface area (TPSA) is 81.1 Å². The molecule has 0 fully saturated rings. The number of benzene rings is 2. The predicted octanol–water partition coefficient (Wildman–Crippen LogP) is 2.97. The molecular formula is C19H19N3O2. The van der Waals surface area contributed by atoms with Gasteiger partial charge in [0.05, 0.1) is 5.69 Å². The zero-order chi connectivity index (χ0) is 16.9. The minimum atomic E-state index is -0.564. The van der Waals surface area contributed by atoms with Crippen LogP contribution in [0.1, 0.15) is 22.9 Å². The van der Waals surface area contributed by atoms with Crippen LogP contribution < -0.4 is 11.1 Å². The van der Waals surface area contributed by atoms with Crippen molar-refractivity contribution in [3.63, 3.8) is 0 Å². The summed E-state index contributed by atoms with van der Waals surface area (Å²) in [5, 5.41) is 3.13. The third kappa shape index (κ3) is 3.70. The molecule has 5 nitrogen and oxygen atoms in total. The molecule has 3 rings (SSSR count). The first kappa shape index (κ1) is 16.0. The normalized spacial score (nSPS) is 12.0. The molecule has 1 atom stereocenters. The van der Waals surface area contributed by atoms with Crippen molar-refractivity contribution in [1.29, 1.82) is 0 Å². The maximum atomic E-state index is 11.7. The van der Waals surface area contributed by atoms with Crippen LogP contribution >= 0.6 is 0 Å². The van der Waals surface area contributed by atoms with Gasteiger partial charge in [-0.15, -0.1) is 0 Å². The number of rotatable bonds is 6. The molecule has 1 amide bonds. The minimum absolute atomic E-state index is 0.387. The first-order chi connectivity index (χ1) is 11.6. The number of hydrogen-bond donors (Lipinski definition) is 2. The molecule has 3 aromatic rings. The zero-order valence-corrected chi connectivity index (χ0v) is 13.4. The summed E-state index contributed by atoms with van der Waals surface area (Å²) in [6, 6.07) is 16.8. The molecule has 2 aromatic carbocycles. The number of nitrogens with two attached hydrogens (primary N) is 1. The summed E-state index contributed by atoms with van der Waals surface area (Å²) >= 11 is 0. The molecule has 0 spiro atoms. The summed E-state index contributed by atoms with van der Waals surface area (Å²) in [4.78, 5) is 16.1. The number of carbonyl (C=O) groups excluding carboxylic acids is 1. The van der Waals surface area contributed by atoms with Gasteiger partial charge in [-0.25, -0.2) is 4.98 Å². The number of carbonyl (C=O) groups is 1. The Kier molecular flexibility index (Phi) is 4.72. The fourth-order valence-electron chi connectivity index (χ4n) is 2.45. The fraction of sp³-hybridized carbons (Fsp3) is 0.158. The van der Waals surface area contributed by atoms with E-state index in [4.69, 9.17) is 10.2 Å². The van der Waals surface area contributed by atoms with Gasteiger partial charge in [-0.2, -0.15) is 0 Å². The first-order valence-corrected chi connectivity index (χ1v) is 7.72. The molecule has 0 bridgehead atoms. The highest BCUT2D eigenvalue weighted by molar-refractivity contribution is 5.81. The number of nitrogens with one attached hydrogen (secondary N) is 1. The summed E-state index contributed by atoms with van der Waals surface area (Å²) in [6.07, 6.45) is 1.59. The monoisotopic (exact) mass is 321 g/mol. The van der Waals surface area contributed by atoms with E-state index in [0.717, 1.165) is 11.1 Å². The van der Waals surface area contributed by atoms with Gasteiger partial charge in [-0.1, -0.05) is 48.0 Å². The summed E-state index contributed by atoms with van der Waals surface area (Å²) in [6.45, 7) is 2.42. The van der Waals surface area contributed by atoms with Crippen molar-refractivity contribution in [2.24, 2.45) is 5.73 Å². The number of amides is 1.